The van der Waals surface area contributed by atoms with Crippen LogP contribution < -0.4 is 0 Å². The molecule has 66 valence electrons. The fourth-order valence-corrected chi connectivity index (χ4v) is 1.44. The summed E-state index contributed by atoms with van der Waals surface area (Å²) in [5.41, 5.74) is 1.27. The summed E-state index contributed by atoms with van der Waals surface area (Å²) in [6.07, 6.45) is 2.79. The van der Waals surface area contributed by atoms with Crippen LogP contribution in [0.3, 0.4) is 0 Å². The summed E-state index contributed by atoms with van der Waals surface area (Å²) in [6, 6.07) is 0. The van der Waals surface area contributed by atoms with Crippen LogP contribution in [0.25, 0.3) is 0 Å². The zero-order valence-electron chi connectivity index (χ0n) is 7.37. The number of fused-ring (bicyclic) bond motifs is 1. The summed E-state index contributed by atoms with van der Waals surface area (Å²) < 4.78 is 1.43. The molecule has 0 saturated carbocycles. The molecular weight excluding hydrogens is 168 g/mol. The van der Waals surface area contributed by atoms with Gasteiger partial charge < -0.3 is 0 Å². The Morgan fingerprint density at radius 3 is 2.77 bits per heavy atom. The van der Waals surface area contributed by atoms with Gasteiger partial charge in [-0.2, -0.15) is 5.10 Å². The van der Waals surface area contributed by atoms with Crippen LogP contribution in [0, 0.1) is 0 Å². The summed E-state index contributed by atoms with van der Waals surface area (Å²) in [5.74, 6) is -0.255. The highest BCUT2D eigenvalue weighted by Gasteiger charge is 2.26. The quantitative estimate of drug-likeness (QED) is 0.586. The van der Waals surface area contributed by atoms with Gasteiger partial charge in [-0.3, -0.25) is 14.3 Å². The van der Waals surface area contributed by atoms with Gasteiger partial charge in [-0.05, 0) is 13.0 Å². The lowest BCUT2D eigenvalue weighted by atomic mass is 9.96. The number of aryl methyl sites for hydroxylation is 1. The van der Waals surface area contributed by atoms with Crippen molar-refractivity contribution in [3.8, 4) is 0 Å². The molecule has 1 heterocycles. The summed E-state index contributed by atoms with van der Waals surface area (Å²) in [5, 5.41) is 3.88. The molecule has 1 aliphatic rings. The Hall–Kier alpha value is -1.71. The van der Waals surface area contributed by atoms with E-state index in [0.29, 0.717) is 16.8 Å². The molecule has 0 amide bonds. The Morgan fingerprint density at radius 2 is 2.08 bits per heavy atom. The normalized spacial score (nSPS) is 15.7. The molecule has 0 aromatic carbocycles. The second-order valence-electron chi connectivity index (χ2n) is 3.05. The highest BCUT2D eigenvalue weighted by Crippen LogP contribution is 2.19. The van der Waals surface area contributed by atoms with E-state index in [-0.39, 0.29) is 11.6 Å². The molecule has 0 fully saturated rings. The van der Waals surface area contributed by atoms with Gasteiger partial charge in [0.1, 0.15) is 5.69 Å². The maximum absolute atomic E-state index is 11.5. The Kier molecular flexibility index (Phi) is 1.45. The monoisotopic (exact) mass is 176 g/mol. The lowest BCUT2D eigenvalue weighted by Crippen LogP contribution is -2.16. The molecule has 1 aliphatic carbocycles. The predicted molar refractivity (Wildman–Crippen MR) is 45.6 cm³/mol. The van der Waals surface area contributed by atoms with Crippen molar-refractivity contribution >= 4 is 11.6 Å². The lowest BCUT2D eigenvalue weighted by Gasteiger charge is -2.07. The van der Waals surface area contributed by atoms with Crippen molar-refractivity contribution in [3.05, 3.63) is 29.1 Å². The number of hydrogen-bond acceptors (Lipinski definition) is 3. The maximum atomic E-state index is 11.5. The average Bonchev–Trinajstić information content (AvgIpc) is 2.44. The standard InChI is InChI=1S/C9H8N2O2/c1-5-3-7(12)8-6(9(5)13)4-10-11(8)2/h3-4H,1-2H3. The minimum absolute atomic E-state index is 0.109. The van der Waals surface area contributed by atoms with E-state index in [1.165, 1.54) is 17.0 Å². The van der Waals surface area contributed by atoms with Crippen LogP contribution in [0.2, 0.25) is 0 Å². The first-order chi connectivity index (χ1) is 6.11. The number of Topliss-reactive ketones (excluding diaryl/α,β-unsaturated/α-hetero) is 1. The topological polar surface area (TPSA) is 52.0 Å². The number of hydrogen-bond donors (Lipinski definition) is 0. The molecule has 0 bridgehead atoms. The SMILES string of the molecule is CC1=CC(=O)c2c(cnn2C)C1=O. The Labute approximate surface area is 74.9 Å². The maximum Gasteiger partial charge on any atom is 0.204 e. The van der Waals surface area contributed by atoms with E-state index in [4.69, 9.17) is 0 Å². The molecule has 4 nitrogen and oxygen atoms in total. The van der Waals surface area contributed by atoms with Crippen LogP contribution in [0.15, 0.2) is 17.8 Å². The van der Waals surface area contributed by atoms with Gasteiger partial charge in [-0.1, -0.05) is 0 Å². The van der Waals surface area contributed by atoms with E-state index >= 15 is 0 Å². The summed E-state index contributed by atoms with van der Waals surface area (Å²) in [4.78, 5) is 22.9. The Morgan fingerprint density at radius 1 is 1.38 bits per heavy atom. The molecule has 0 radical (unpaired) electrons. The van der Waals surface area contributed by atoms with Gasteiger partial charge in [0.2, 0.25) is 5.78 Å². The molecule has 0 aliphatic heterocycles. The largest absolute Gasteiger partial charge is 0.289 e. The predicted octanol–water partition coefficient (Wildman–Crippen LogP) is 0.745. The van der Waals surface area contributed by atoms with Gasteiger partial charge in [0.25, 0.3) is 0 Å². The lowest BCUT2D eigenvalue weighted by molar-refractivity contribution is 0.0980. The van der Waals surface area contributed by atoms with E-state index in [9.17, 15) is 9.59 Å². The molecule has 13 heavy (non-hydrogen) atoms. The minimum Gasteiger partial charge on any atom is -0.289 e. The fourth-order valence-electron chi connectivity index (χ4n) is 1.44. The summed E-state index contributed by atoms with van der Waals surface area (Å²) in [6.45, 7) is 1.64. The van der Waals surface area contributed by atoms with E-state index in [0.717, 1.165) is 0 Å². The fraction of sp³-hybridized carbons (Fsp3) is 0.222. The third-order valence-electron chi connectivity index (χ3n) is 2.12. The van der Waals surface area contributed by atoms with Crippen molar-refractivity contribution in [1.82, 2.24) is 9.78 Å². The Balaban J connectivity index is 2.71. The molecular formula is C9H8N2O2. The first kappa shape index (κ1) is 7.91. The van der Waals surface area contributed by atoms with Crippen molar-refractivity contribution in [3.63, 3.8) is 0 Å². The van der Waals surface area contributed by atoms with E-state index in [1.54, 1.807) is 14.0 Å². The average molecular weight is 176 g/mol. The van der Waals surface area contributed by atoms with Gasteiger partial charge in [-0.25, -0.2) is 0 Å². The molecule has 4 heteroatoms. The molecule has 0 atom stereocenters. The number of carbonyl (C=O) groups is 2. The second kappa shape index (κ2) is 2.39. The zero-order chi connectivity index (χ0) is 9.59. The first-order valence-corrected chi connectivity index (χ1v) is 3.90. The van der Waals surface area contributed by atoms with Crippen LogP contribution in [-0.2, 0) is 7.05 Å². The van der Waals surface area contributed by atoms with Crippen molar-refractivity contribution in [1.29, 1.82) is 0 Å². The van der Waals surface area contributed by atoms with Gasteiger partial charge in [0.15, 0.2) is 5.78 Å². The third-order valence-corrected chi connectivity index (χ3v) is 2.12. The molecule has 0 unspecified atom stereocenters. The number of aromatic nitrogens is 2. The van der Waals surface area contributed by atoms with Crippen LogP contribution in [0.5, 0.6) is 0 Å². The van der Waals surface area contributed by atoms with Crippen molar-refractivity contribution < 1.29 is 9.59 Å². The minimum atomic E-state index is -0.146. The van der Waals surface area contributed by atoms with Gasteiger partial charge in [0, 0.05) is 12.6 Å². The van der Waals surface area contributed by atoms with Crippen molar-refractivity contribution in [2.24, 2.45) is 7.05 Å². The van der Waals surface area contributed by atoms with Gasteiger partial charge >= 0.3 is 0 Å². The van der Waals surface area contributed by atoms with Crippen molar-refractivity contribution in [2.75, 3.05) is 0 Å². The zero-order valence-corrected chi connectivity index (χ0v) is 7.37. The molecule has 0 saturated heterocycles. The van der Waals surface area contributed by atoms with E-state index in [1.807, 2.05) is 0 Å². The summed E-state index contributed by atoms with van der Waals surface area (Å²) in [7, 11) is 1.65. The van der Waals surface area contributed by atoms with Crippen molar-refractivity contribution in [2.45, 2.75) is 6.92 Å². The molecule has 0 spiro atoms. The smallest absolute Gasteiger partial charge is 0.204 e. The van der Waals surface area contributed by atoms with Gasteiger partial charge in [0.05, 0.1) is 11.8 Å². The number of ketones is 2. The molecule has 1 aromatic heterocycles. The van der Waals surface area contributed by atoms with Crippen LogP contribution in [0.4, 0.5) is 0 Å². The molecule has 1 aromatic rings. The van der Waals surface area contributed by atoms with Crippen LogP contribution >= 0.6 is 0 Å². The molecule has 2 rings (SSSR count). The van der Waals surface area contributed by atoms with Crippen LogP contribution in [0.1, 0.15) is 27.8 Å². The highest BCUT2D eigenvalue weighted by atomic mass is 16.1. The Bertz CT molecular complexity index is 440. The number of rotatable bonds is 0. The number of allylic oxidation sites excluding steroid dienone is 2. The van der Waals surface area contributed by atoms with Gasteiger partial charge in [-0.15, -0.1) is 0 Å². The number of nitrogens with zero attached hydrogens (tertiary/aromatic N) is 2. The molecule has 0 N–H and O–H groups in total. The first-order valence-electron chi connectivity index (χ1n) is 3.90. The van der Waals surface area contributed by atoms with Crippen LogP contribution in [-0.4, -0.2) is 21.3 Å². The third kappa shape index (κ3) is 0.950. The second-order valence-corrected chi connectivity index (χ2v) is 3.05. The van der Waals surface area contributed by atoms with E-state index < -0.39 is 0 Å². The highest BCUT2D eigenvalue weighted by molar-refractivity contribution is 6.23. The number of carbonyl (C=O) groups excluding carboxylic acids is 2. The summed E-state index contributed by atoms with van der Waals surface area (Å²) >= 11 is 0. The van der Waals surface area contributed by atoms with E-state index in [2.05, 4.69) is 5.10 Å².